The highest BCUT2D eigenvalue weighted by Gasteiger charge is 2.23. The highest BCUT2D eigenvalue weighted by atomic mass is 79.9. The Bertz CT molecular complexity index is 759. The fourth-order valence-corrected chi connectivity index (χ4v) is 3.50. The van der Waals surface area contributed by atoms with Crippen LogP contribution in [0.25, 0.3) is 0 Å². The largest absolute Gasteiger partial charge is 0.506 e. The summed E-state index contributed by atoms with van der Waals surface area (Å²) in [5.74, 6) is -0.541. The Labute approximate surface area is 167 Å². The molecule has 2 aromatic carbocycles. The number of hydrogen-bond donors (Lipinski definition) is 2. The Morgan fingerprint density at radius 1 is 1.12 bits per heavy atom. The van der Waals surface area contributed by atoms with Crippen LogP contribution >= 0.6 is 31.9 Å². The molecule has 138 valence electrons. The number of alkyl carbamates (subject to hydrolysis) is 1. The molecule has 0 fully saturated rings. The number of carbonyl (C=O) groups is 2. The van der Waals surface area contributed by atoms with Gasteiger partial charge in [-0.05, 0) is 55.1 Å². The number of esters is 1. The van der Waals surface area contributed by atoms with Gasteiger partial charge in [-0.15, -0.1) is 0 Å². The van der Waals surface area contributed by atoms with Crippen LogP contribution in [-0.2, 0) is 27.3 Å². The van der Waals surface area contributed by atoms with Crippen molar-refractivity contribution in [3.05, 3.63) is 62.5 Å². The Morgan fingerprint density at radius 3 is 2.31 bits per heavy atom. The van der Waals surface area contributed by atoms with E-state index in [2.05, 4.69) is 37.2 Å². The van der Waals surface area contributed by atoms with Gasteiger partial charge in [-0.1, -0.05) is 30.3 Å². The third kappa shape index (κ3) is 5.74. The minimum atomic E-state index is -0.924. The van der Waals surface area contributed by atoms with Gasteiger partial charge in [0.05, 0.1) is 16.1 Å². The maximum Gasteiger partial charge on any atom is 0.408 e. The predicted molar refractivity (Wildman–Crippen MR) is 103 cm³/mol. The maximum absolute atomic E-state index is 12.0. The van der Waals surface area contributed by atoms with E-state index in [0.717, 1.165) is 5.56 Å². The monoisotopic (exact) mass is 485 g/mol. The van der Waals surface area contributed by atoms with Crippen LogP contribution in [0.15, 0.2) is 51.4 Å². The lowest BCUT2D eigenvalue weighted by atomic mass is 10.1. The third-order valence-electron chi connectivity index (χ3n) is 3.51. The summed E-state index contributed by atoms with van der Waals surface area (Å²) in [4.78, 5) is 24.0. The van der Waals surface area contributed by atoms with Crippen molar-refractivity contribution in [2.24, 2.45) is 0 Å². The first kappa shape index (κ1) is 20.3. The number of carbonyl (C=O) groups excluding carboxylic acids is 2. The topological polar surface area (TPSA) is 84.9 Å². The van der Waals surface area contributed by atoms with Crippen LogP contribution < -0.4 is 5.32 Å². The minimum absolute atomic E-state index is 0.0543. The van der Waals surface area contributed by atoms with Crippen molar-refractivity contribution in [3.8, 4) is 5.75 Å². The fraction of sp³-hybridized carbons (Fsp3) is 0.222. The number of methoxy groups -OCH3 is 1. The summed E-state index contributed by atoms with van der Waals surface area (Å²) in [5, 5.41) is 12.3. The first-order valence-electron chi connectivity index (χ1n) is 7.62. The highest BCUT2D eigenvalue weighted by molar-refractivity contribution is 9.11. The minimum Gasteiger partial charge on any atom is -0.506 e. The van der Waals surface area contributed by atoms with Crippen LogP contribution in [0, 0.1) is 0 Å². The number of hydrogen-bond acceptors (Lipinski definition) is 5. The molecule has 0 radical (unpaired) electrons. The van der Waals surface area contributed by atoms with Crippen molar-refractivity contribution in [1.29, 1.82) is 0 Å². The lowest BCUT2D eigenvalue weighted by Crippen LogP contribution is -2.43. The molecule has 0 aliphatic rings. The number of benzene rings is 2. The molecule has 0 saturated carbocycles. The van der Waals surface area contributed by atoms with Gasteiger partial charge in [-0.2, -0.15) is 0 Å². The summed E-state index contributed by atoms with van der Waals surface area (Å²) >= 11 is 6.47. The average Bonchev–Trinajstić information content (AvgIpc) is 2.64. The number of rotatable bonds is 6. The zero-order valence-electron chi connectivity index (χ0n) is 13.9. The zero-order valence-corrected chi connectivity index (χ0v) is 17.0. The van der Waals surface area contributed by atoms with Crippen molar-refractivity contribution in [2.45, 2.75) is 19.1 Å². The molecule has 0 unspecified atom stereocenters. The quantitative estimate of drug-likeness (QED) is 0.604. The van der Waals surface area contributed by atoms with E-state index in [9.17, 15) is 14.7 Å². The molecule has 2 N–H and O–H groups in total. The number of nitrogens with one attached hydrogen (secondary N) is 1. The lowest BCUT2D eigenvalue weighted by Gasteiger charge is -2.17. The zero-order chi connectivity index (χ0) is 19.1. The Balaban J connectivity index is 2.03. The molecule has 2 rings (SSSR count). The summed E-state index contributed by atoms with van der Waals surface area (Å²) < 4.78 is 10.8. The Kier molecular flexibility index (Phi) is 7.47. The van der Waals surface area contributed by atoms with Gasteiger partial charge in [0.25, 0.3) is 0 Å². The Morgan fingerprint density at radius 2 is 1.73 bits per heavy atom. The van der Waals surface area contributed by atoms with E-state index in [1.807, 2.05) is 30.3 Å². The number of aromatic hydroxyl groups is 1. The first-order chi connectivity index (χ1) is 12.4. The van der Waals surface area contributed by atoms with E-state index < -0.39 is 18.1 Å². The maximum atomic E-state index is 12.0. The molecule has 0 aliphatic carbocycles. The van der Waals surface area contributed by atoms with Gasteiger partial charge >= 0.3 is 12.1 Å². The second-order valence-corrected chi connectivity index (χ2v) is 7.10. The van der Waals surface area contributed by atoms with Crippen molar-refractivity contribution >= 4 is 43.9 Å². The molecule has 0 spiro atoms. The molecule has 0 saturated heterocycles. The van der Waals surface area contributed by atoms with Crippen molar-refractivity contribution in [1.82, 2.24) is 5.32 Å². The number of phenolic OH excluding ortho intramolecular Hbond substituents is 1. The normalized spacial score (nSPS) is 11.5. The van der Waals surface area contributed by atoms with Crippen LogP contribution in [0.1, 0.15) is 11.1 Å². The summed E-state index contributed by atoms with van der Waals surface area (Å²) in [6, 6.07) is 11.6. The van der Waals surface area contributed by atoms with E-state index in [-0.39, 0.29) is 18.8 Å². The van der Waals surface area contributed by atoms with Crippen LogP contribution in [0.5, 0.6) is 5.75 Å². The van der Waals surface area contributed by atoms with Crippen LogP contribution in [0.3, 0.4) is 0 Å². The van der Waals surface area contributed by atoms with E-state index in [1.54, 1.807) is 12.1 Å². The molecule has 0 bridgehead atoms. The molecule has 2 aromatic rings. The lowest BCUT2D eigenvalue weighted by molar-refractivity contribution is -0.143. The summed E-state index contributed by atoms with van der Waals surface area (Å²) in [6.45, 7) is 0.0941. The molecular formula is C18H17Br2NO5. The SMILES string of the molecule is COC(=O)[C@H](Cc1cc(Br)c(O)c(Br)c1)NC(=O)OCc1ccccc1. The standard InChI is InChI=1S/C18H17Br2NO5/c1-25-17(23)15(9-12-7-13(19)16(22)14(20)8-12)21-18(24)26-10-11-5-3-2-4-6-11/h2-8,15,22H,9-10H2,1H3,(H,21,24)/t15-/m0/s1. The molecule has 0 heterocycles. The van der Waals surface area contributed by atoms with Crippen LogP contribution in [-0.4, -0.2) is 30.3 Å². The molecule has 8 heteroatoms. The van der Waals surface area contributed by atoms with Gasteiger partial charge in [-0.25, -0.2) is 9.59 Å². The van der Waals surface area contributed by atoms with Crippen molar-refractivity contribution < 1.29 is 24.2 Å². The van der Waals surface area contributed by atoms with Gasteiger partial charge in [0.1, 0.15) is 18.4 Å². The van der Waals surface area contributed by atoms with E-state index in [0.29, 0.717) is 14.5 Å². The van der Waals surface area contributed by atoms with Crippen molar-refractivity contribution in [2.75, 3.05) is 7.11 Å². The number of amides is 1. The number of ether oxygens (including phenoxy) is 2. The molecule has 0 aromatic heterocycles. The van der Waals surface area contributed by atoms with Gasteiger partial charge in [0.2, 0.25) is 0 Å². The number of phenols is 1. The Hall–Kier alpha value is -2.06. The van der Waals surface area contributed by atoms with Crippen molar-refractivity contribution in [3.63, 3.8) is 0 Å². The van der Waals surface area contributed by atoms with Gasteiger partial charge < -0.3 is 19.9 Å². The summed E-state index contributed by atoms with van der Waals surface area (Å²) in [7, 11) is 1.25. The fourth-order valence-electron chi connectivity index (χ4n) is 2.21. The van der Waals surface area contributed by atoms with E-state index in [4.69, 9.17) is 9.47 Å². The highest BCUT2D eigenvalue weighted by Crippen LogP contribution is 2.33. The molecule has 1 amide bonds. The predicted octanol–water partition coefficient (Wildman–Crippen LogP) is 3.93. The number of halogens is 2. The first-order valence-corrected chi connectivity index (χ1v) is 9.21. The average molecular weight is 487 g/mol. The van der Waals surface area contributed by atoms with Crippen LogP contribution in [0.4, 0.5) is 4.79 Å². The molecule has 1 atom stereocenters. The van der Waals surface area contributed by atoms with Gasteiger partial charge in [0.15, 0.2) is 0 Å². The third-order valence-corrected chi connectivity index (χ3v) is 4.72. The molecule has 6 nitrogen and oxygen atoms in total. The smallest absolute Gasteiger partial charge is 0.408 e. The molecule has 26 heavy (non-hydrogen) atoms. The molecule has 0 aliphatic heterocycles. The van der Waals surface area contributed by atoms with E-state index in [1.165, 1.54) is 7.11 Å². The summed E-state index contributed by atoms with van der Waals surface area (Å²) in [6.07, 6.45) is -0.550. The molecular weight excluding hydrogens is 470 g/mol. The van der Waals surface area contributed by atoms with E-state index >= 15 is 0 Å². The van der Waals surface area contributed by atoms with Crippen LogP contribution in [0.2, 0.25) is 0 Å². The second-order valence-electron chi connectivity index (χ2n) is 5.39. The van der Waals surface area contributed by atoms with Gasteiger partial charge in [-0.3, -0.25) is 0 Å². The summed E-state index contributed by atoms with van der Waals surface area (Å²) in [5.41, 5.74) is 1.55. The van der Waals surface area contributed by atoms with Gasteiger partial charge in [0, 0.05) is 6.42 Å². The second kappa shape index (κ2) is 9.59.